The quantitative estimate of drug-likeness (QED) is 0.870. The minimum atomic E-state index is -0.00342. The van der Waals surface area contributed by atoms with E-state index in [1.165, 1.54) is 5.56 Å². The summed E-state index contributed by atoms with van der Waals surface area (Å²) in [6.45, 7) is 6.94. The SMILES string of the molecule is CNC(=O)CCOc1ccc(C(C)(C)C)cc1. The highest BCUT2D eigenvalue weighted by molar-refractivity contribution is 5.75. The van der Waals surface area contributed by atoms with Crippen molar-refractivity contribution in [3.05, 3.63) is 29.8 Å². The van der Waals surface area contributed by atoms with E-state index in [2.05, 4.69) is 38.2 Å². The summed E-state index contributed by atoms with van der Waals surface area (Å²) in [5, 5.41) is 2.56. The van der Waals surface area contributed by atoms with Crippen LogP contribution in [-0.2, 0) is 10.2 Å². The number of amides is 1. The molecule has 1 aromatic rings. The number of hydrogen-bond acceptors (Lipinski definition) is 2. The molecule has 1 amide bonds. The second-order valence-electron chi connectivity index (χ2n) is 5.05. The van der Waals surface area contributed by atoms with Crippen molar-refractivity contribution in [2.75, 3.05) is 13.7 Å². The second kappa shape index (κ2) is 5.71. The Labute approximate surface area is 103 Å². The van der Waals surface area contributed by atoms with Gasteiger partial charge in [0.25, 0.3) is 0 Å². The lowest BCUT2D eigenvalue weighted by molar-refractivity contribution is -0.121. The first kappa shape index (κ1) is 13.6. The highest BCUT2D eigenvalue weighted by Gasteiger charge is 2.12. The molecule has 0 heterocycles. The van der Waals surface area contributed by atoms with Gasteiger partial charge in [-0.1, -0.05) is 32.9 Å². The lowest BCUT2D eigenvalue weighted by Gasteiger charge is -2.19. The van der Waals surface area contributed by atoms with E-state index in [0.717, 1.165) is 5.75 Å². The van der Waals surface area contributed by atoms with Gasteiger partial charge < -0.3 is 10.1 Å². The van der Waals surface area contributed by atoms with E-state index in [-0.39, 0.29) is 11.3 Å². The third-order valence-electron chi connectivity index (χ3n) is 2.60. The number of rotatable bonds is 4. The van der Waals surface area contributed by atoms with E-state index in [1.807, 2.05) is 12.1 Å². The largest absolute Gasteiger partial charge is 0.493 e. The van der Waals surface area contributed by atoms with Crippen LogP contribution < -0.4 is 10.1 Å². The van der Waals surface area contributed by atoms with Crippen LogP contribution in [0.3, 0.4) is 0 Å². The number of benzene rings is 1. The standard InChI is InChI=1S/C14H21NO2/c1-14(2,3)11-5-7-12(8-6-11)17-10-9-13(16)15-4/h5-8H,9-10H2,1-4H3,(H,15,16). The highest BCUT2D eigenvalue weighted by atomic mass is 16.5. The second-order valence-corrected chi connectivity index (χ2v) is 5.05. The summed E-state index contributed by atoms with van der Waals surface area (Å²) < 4.78 is 5.49. The van der Waals surface area contributed by atoms with E-state index in [1.54, 1.807) is 7.05 Å². The number of carbonyl (C=O) groups is 1. The average Bonchev–Trinajstić information content (AvgIpc) is 2.28. The molecule has 0 aromatic heterocycles. The zero-order valence-electron chi connectivity index (χ0n) is 11.0. The van der Waals surface area contributed by atoms with Crippen LogP contribution in [0, 0.1) is 0 Å². The van der Waals surface area contributed by atoms with E-state index < -0.39 is 0 Å². The summed E-state index contributed by atoms with van der Waals surface area (Å²) in [6, 6.07) is 8.03. The lowest BCUT2D eigenvalue weighted by atomic mass is 9.87. The molecule has 0 saturated carbocycles. The Balaban J connectivity index is 2.49. The van der Waals surface area contributed by atoms with E-state index in [4.69, 9.17) is 4.74 Å². The topological polar surface area (TPSA) is 38.3 Å². The van der Waals surface area contributed by atoms with Crippen LogP contribution in [0.15, 0.2) is 24.3 Å². The predicted octanol–water partition coefficient (Wildman–Crippen LogP) is 2.50. The fraction of sp³-hybridized carbons (Fsp3) is 0.500. The molecule has 0 bridgehead atoms. The lowest BCUT2D eigenvalue weighted by Crippen LogP contribution is -2.20. The van der Waals surface area contributed by atoms with Gasteiger partial charge in [-0.3, -0.25) is 4.79 Å². The van der Waals surface area contributed by atoms with Gasteiger partial charge in [0.1, 0.15) is 5.75 Å². The minimum Gasteiger partial charge on any atom is -0.493 e. The molecule has 1 rings (SSSR count). The summed E-state index contributed by atoms with van der Waals surface area (Å²) in [7, 11) is 1.63. The Hall–Kier alpha value is -1.51. The van der Waals surface area contributed by atoms with Gasteiger partial charge in [-0.25, -0.2) is 0 Å². The van der Waals surface area contributed by atoms with Crippen LogP contribution in [0.25, 0.3) is 0 Å². The molecule has 3 heteroatoms. The van der Waals surface area contributed by atoms with Gasteiger partial charge in [0.15, 0.2) is 0 Å². The fourth-order valence-electron chi connectivity index (χ4n) is 1.44. The Bertz CT molecular complexity index is 363. The molecule has 17 heavy (non-hydrogen) atoms. The molecule has 0 radical (unpaired) electrons. The summed E-state index contributed by atoms with van der Waals surface area (Å²) in [6.07, 6.45) is 0.386. The molecular weight excluding hydrogens is 214 g/mol. The minimum absolute atomic E-state index is 0.00342. The molecule has 3 nitrogen and oxygen atoms in total. The summed E-state index contributed by atoms with van der Waals surface area (Å²) in [5.41, 5.74) is 1.43. The van der Waals surface area contributed by atoms with Crippen LogP contribution in [-0.4, -0.2) is 19.6 Å². The molecule has 0 aliphatic rings. The maximum Gasteiger partial charge on any atom is 0.223 e. The van der Waals surface area contributed by atoms with Gasteiger partial charge in [-0.2, -0.15) is 0 Å². The van der Waals surface area contributed by atoms with Crippen molar-refractivity contribution in [1.82, 2.24) is 5.32 Å². The van der Waals surface area contributed by atoms with Crippen molar-refractivity contribution in [1.29, 1.82) is 0 Å². The molecule has 1 N–H and O–H groups in total. The fourth-order valence-corrected chi connectivity index (χ4v) is 1.44. The van der Waals surface area contributed by atoms with Gasteiger partial charge in [-0.15, -0.1) is 0 Å². The van der Waals surface area contributed by atoms with Gasteiger partial charge in [0.2, 0.25) is 5.91 Å². The van der Waals surface area contributed by atoms with Crippen LogP contribution in [0.5, 0.6) is 5.75 Å². The third kappa shape index (κ3) is 4.47. The first-order valence-electron chi connectivity index (χ1n) is 5.87. The Morgan fingerprint density at radius 2 is 1.82 bits per heavy atom. The van der Waals surface area contributed by atoms with Crippen LogP contribution in [0.4, 0.5) is 0 Å². The van der Waals surface area contributed by atoms with E-state index >= 15 is 0 Å². The van der Waals surface area contributed by atoms with Crippen molar-refractivity contribution in [3.63, 3.8) is 0 Å². The molecule has 0 unspecified atom stereocenters. The monoisotopic (exact) mass is 235 g/mol. The van der Waals surface area contributed by atoms with E-state index in [0.29, 0.717) is 13.0 Å². The first-order chi connectivity index (χ1) is 7.93. The molecule has 0 fully saturated rings. The van der Waals surface area contributed by atoms with Crippen molar-refractivity contribution in [3.8, 4) is 5.75 Å². The van der Waals surface area contributed by atoms with Gasteiger partial charge >= 0.3 is 0 Å². The van der Waals surface area contributed by atoms with Gasteiger partial charge in [0.05, 0.1) is 13.0 Å². The van der Waals surface area contributed by atoms with Gasteiger partial charge in [-0.05, 0) is 23.1 Å². The number of nitrogens with one attached hydrogen (secondary N) is 1. The number of carbonyl (C=O) groups excluding carboxylic acids is 1. The zero-order chi connectivity index (χ0) is 12.9. The van der Waals surface area contributed by atoms with Crippen molar-refractivity contribution >= 4 is 5.91 Å². The zero-order valence-corrected chi connectivity index (χ0v) is 11.0. The number of hydrogen-bond donors (Lipinski definition) is 1. The average molecular weight is 235 g/mol. The first-order valence-corrected chi connectivity index (χ1v) is 5.87. The van der Waals surface area contributed by atoms with Crippen molar-refractivity contribution in [2.45, 2.75) is 32.6 Å². The van der Waals surface area contributed by atoms with Crippen LogP contribution >= 0.6 is 0 Å². The smallest absolute Gasteiger partial charge is 0.223 e. The summed E-state index contributed by atoms with van der Waals surface area (Å²) >= 11 is 0. The molecule has 0 aliphatic carbocycles. The van der Waals surface area contributed by atoms with Crippen molar-refractivity contribution < 1.29 is 9.53 Å². The maximum atomic E-state index is 11.0. The highest BCUT2D eigenvalue weighted by Crippen LogP contribution is 2.24. The third-order valence-corrected chi connectivity index (χ3v) is 2.60. The summed E-state index contributed by atoms with van der Waals surface area (Å²) in [5.74, 6) is 0.804. The van der Waals surface area contributed by atoms with E-state index in [9.17, 15) is 4.79 Å². The molecule has 0 aliphatic heterocycles. The maximum absolute atomic E-state index is 11.0. The normalized spacial score (nSPS) is 11.1. The van der Waals surface area contributed by atoms with Crippen molar-refractivity contribution in [2.24, 2.45) is 0 Å². The number of ether oxygens (including phenoxy) is 1. The molecule has 0 spiro atoms. The Morgan fingerprint density at radius 3 is 2.29 bits per heavy atom. The molecule has 1 aromatic carbocycles. The molecule has 0 atom stereocenters. The molecule has 94 valence electrons. The van der Waals surface area contributed by atoms with Gasteiger partial charge in [0, 0.05) is 7.05 Å². The van der Waals surface area contributed by atoms with Crippen LogP contribution in [0.1, 0.15) is 32.8 Å². The van der Waals surface area contributed by atoms with Crippen LogP contribution in [0.2, 0.25) is 0 Å². The molecule has 0 saturated heterocycles. The Morgan fingerprint density at radius 1 is 1.24 bits per heavy atom. The Kier molecular flexibility index (Phi) is 4.55. The summed E-state index contributed by atoms with van der Waals surface area (Å²) in [4.78, 5) is 11.0. The molecular formula is C14H21NO2. The predicted molar refractivity (Wildman–Crippen MR) is 69.3 cm³/mol.